The summed E-state index contributed by atoms with van der Waals surface area (Å²) >= 11 is 0. The maximum absolute atomic E-state index is 12.4. The number of rotatable bonds is 2. The van der Waals surface area contributed by atoms with Gasteiger partial charge in [0.2, 0.25) is 0 Å². The first kappa shape index (κ1) is 13.4. The van der Waals surface area contributed by atoms with Crippen LogP contribution in [0.5, 0.6) is 0 Å². The Balaban J connectivity index is 2.29. The molecule has 0 bridgehead atoms. The lowest BCUT2D eigenvalue weighted by atomic mass is 10.0. The molecule has 18 heavy (non-hydrogen) atoms. The lowest BCUT2D eigenvalue weighted by Crippen LogP contribution is -2.62. The summed E-state index contributed by atoms with van der Waals surface area (Å²) in [6, 6.07) is 0.601. The van der Waals surface area contributed by atoms with Gasteiger partial charge in [-0.15, -0.1) is 0 Å². The third kappa shape index (κ3) is 2.12. The molecule has 1 saturated carbocycles. The van der Waals surface area contributed by atoms with Gasteiger partial charge in [-0.25, -0.2) is 0 Å². The summed E-state index contributed by atoms with van der Waals surface area (Å²) in [5, 5.41) is 20.8. The first-order chi connectivity index (χ1) is 8.51. The van der Waals surface area contributed by atoms with Crippen LogP contribution in [0.15, 0.2) is 11.9 Å². The summed E-state index contributed by atoms with van der Waals surface area (Å²) in [6.07, 6.45) is 6.97. The van der Waals surface area contributed by atoms with E-state index in [1.165, 1.54) is 19.0 Å². The molecule has 0 spiro atoms. The van der Waals surface area contributed by atoms with Gasteiger partial charge in [-0.05, 0) is 19.3 Å². The highest BCUT2D eigenvalue weighted by Gasteiger charge is 2.42. The van der Waals surface area contributed by atoms with E-state index in [2.05, 4.69) is 11.8 Å². The van der Waals surface area contributed by atoms with Crippen LogP contribution >= 0.6 is 0 Å². The topological polar surface area (TPSA) is 76.2 Å². The van der Waals surface area contributed by atoms with E-state index in [0.717, 1.165) is 19.3 Å². The zero-order chi connectivity index (χ0) is 13.3. The molecular formula is C13H24N4O. The second-order valence-corrected chi connectivity index (χ2v) is 5.59. The molecule has 3 N–H and O–H groups in total. The van der Waals surface area contributed by atoms with Crippen molar-refractivity contribution in [2.45, 2.75) is 51.1 Å². The molecule has 1 aliphatic carbocycles. The van der Waals surface area contributed by atoms with Gasteiger partial charge >= 0.3 is 0 Å². The van der Waals surface area contributed by atoms with Gasteiger partial charge in [0, 0.05) is 6.04 Å². The van der Waals surface area contributed by atoms with Crippen LogP contribution in [0.25, 0.3) is 0 Å². The molecule has 1 aliphatic heterocycles. The second kappa shape index (κ2) is 4.90. The van der Waals surface area contributed by atoms with Crippen molar-refractivity contribution in [2.24, 2.45) is 5.73 Å². The van der Waals surface area contributed by atoms with Crippen LogP contribution in [-0.4, -0.2) is 41.1 Å². The van der Waals surface area contributed by atoms with Crippen LogP contribution < -0.4 is 5.73 Å². The average Bonchev–Trinajstić information content (AvgIpc) is 2.81. The van der Waals surface area contributed by atoms with E-state index in [9.17, 15) is 5.21 Å². The Bertz CT molecular complexity index is 358. The van der Waals surface area contributed by atoms with Crippen molar-refractivity contribution in [3.63, 3.8) is 0 Å². The third-order valence-corrected chi connectivity index (χ3v) is 4.31. The van der Waals surface area contributed by atoms with E-state index < -0.39 is 4.65 Å². The number of hydrogen-bond acceptors (Lipinski definition) is 3. The van der Waals surface area contributed by atoms with Gasteiger partial charge in [0.05, 0.1) is 19.3 Å². The van der Waals surface area contributed by atoms with Crippen LogP contribution in [0, 0.1) is 10.6 Å². The number of likely N-dealkylation sites (N-methyl/N-ethyl adjacent to an activating group) is 1. The Hall–Kier alpha value is -1.07. The van der Waals surface area contributed by atoms with Crippen LogP contribution in [0.4, 0.5) is 0 Å². The summed E-state index contributed by atoms with van der Waals surface area (Å²) in [4.78, 5) is 2.16. The first-order valence-electron chi connectivity index (χ1n) is 6.87. The van der Waals surface area contributed by atoms with Crippen molar-refractivity contribution in [3.8, 4) is 0 Å². The molecule has 102 valence electrons. The SMILES string of the molecule is CC[C@@H]1C[N+](C)([O-])/C(=C/N)C(=N)N1C1CCCC1. The molecular weight excluding hydrogens is 228 g/mol. The number of hydroxylamine groups is 3. The van der Waals surface area contributed by atoms with Crippen LogP contribution in [0.1, 0.15) is 39.0 Å². The van der Waals surface area contributed by atoms with Gasteiger partial charge in [0.25, 0.3) is 0 Å². The fraction of sp³-hybridized carbons (Fsp3) is 0.769. The minimum Gasteiger partial charge on any atom is -0.627 e. The summed E-state index contributed by atoms with van der Waals surface area (Å²) in [7, 11) is 1.60. The maximum atomic E-state index is 12.4. The zero-order valence-electron chi connectivity index (χ0n) is 11.4. The van der Waals surface area contributed by atoms with Crippen LogP contribution in [-0.2, 0) is 0 Å². The summed E-state index contributed by atoms with van der Waals surface area (Å²) < 4.78 is -0.517. The number of piperazine rings is 1. The van der Waals surface area contributed by atoms with Gasteiger partial charge in [-0.1, -0.05) is 19.8 Å². The van der Waals surface area contributed by atoms with Gasteiger partial charge in [0.15, 0.2) is 11.5 Å². The van der Waals surface area contributed by atoms with Gasteiger partial charge in [-0.2, -0.15) is 0 Å². The number of amidine groups is 1. The van der Waals surface area contributed by atoms with Crippen molar-refractivity contribution >= 4 is 5.84 Å². The fourth-order valence-corrected chi connectivity index (χ4v) is 3.35. The molecule has 0 radical (unpaired) electrons. The number of nitrogens with zero attached hydrogens (tertiary/aromatic N) is 2. The highest BCUT2D eigenvalue weighted by molar-refractivity contribution is 5.94. The third-order valence-electron chi connectivity index (χ3n) is 4.31. The molecule has 0 amide bonds. The predicted molar refractivity (Wildman–Crippen MR) is 72.6 cm³/mol. The maximum Gasteiger partial charge on any atom is 0.190 e. The number of nitrogens with two attached hydrogens (primary N) is 1. The molecule has 0 aromatic heterocycles. The van der Waals surface area contributed by atoms with Crippen LogP contribution in [0.2, 0.25) is 0 Å². The Labute approximate surface area is 109 Å². The molecule has 2 aliphatic rings. The molecule has 0 aromatic rings. The van der Waals surface area contributed by atoms with E-state index in [4.69, 9.17) is 11.1 Å². The fourth-order valence-electron chi connectivity index (χ4n) is 3.35. The van der Waals surface area contributed by atoms with E-state index in [1.54, 1.807) is 7.05 Å². The molecule has 5 heteroatoms. The molecule has 1 unspecified atom stereocenters. The summed E-state index contributed by atoms with van der Waals surface area (Å²) in [5.74, 6) is 0.347. The summed E-state index contributed by atoms with van der Waals surface area (Å²) in [5.41, 5.74) is 5.98. The Morgan fingerprint density at radius 1 is 1.50 bits per heavy atom. The van der Waals surface area contributed by atoms with E-state index in [1.807, 2.05) is 0 Å². The highest BCUT2D eigenvalue weighted by Crippen LogP contribution is 2.33. The molecule has 1 heterocycles. The minimum absolute atomic E-state index is 0.173. The van der Waals surface area contributed by atoms with Crippen molar-refractivity contribution < 1.29 is 4.65 Å². The van der Waals surface area contributed by atoms with Crippen LogP contribution in [0.3, 0.4) is 0 Å². The smallest absolute Gasteiger partial charge is 0.190 e. The van der Waals surface area contributed by atoms with Crippen molar-refractivity contribution in [1.82, 2.24) is 4.90 Å². The summed E-state index contributed by atoms with van der Waals surface area (Å²) in [6.45, 7) is 2.59. The molecule has 2 atom stereocenters. The zero-order valence-corrected chi connectivity index (χ0v) is 11.4. The largest absolute Gasteiger partial charge is 0.627 e. The van der Waals surface area contributed by atoms with Crippen molar-refractivity contribution in [2.75, 3.05) is 13.6 Å². The van der Waals surface area contributed by atoms with Gasteiger partial charge in [0.1, 0.15) is 6.54 Å². The predicted octanol–water partition coefficient (Wildman–Crippen LogP) is 1.74. The Morgan fingerprint density at radius 3 is 2.61 bits per heavy atom. The average molecular weight is 252 g/mol. The molecule has 2 fully saturated rings. The standard InChI is InChI=1S/C13H24N4O/c1-3-10-9-17(2,18)12(8-14)13(15)16(10)11-6-4-5-7-11/h8,10-11,15H,3-7,9,14H2,1-2H3/b12-8+,15-13?/t10-,17?/m1/s1. The monoisotopic (exact) mass is 252 g/mol. The number of nitrogens with one attached hydrogen (secondary N) is 1. The Morgan fingerprint density at radius 2 is 2.11 bits per heavy atom. The second-order valence-electron chi connectivity index (χ2n) is 5.59. The van der Waals surface area contributed by atoms with Gasteiger partial charge in [-0.3, -0.25) is 5.41 Å². The number of quaternary nitrogens is 1. The number of hydrogen-bond donors (Lipinski definition) is 2. The molecule has 0 aromatic carbocycles. The molecule has 2 rings (SSSR count). The highest BCUT2D eigenvalue weighted by atomic mass is 16.5. The first-order valence-corrected chi connectivity index (χ1v) is 6.87. The Kier molecular flexibility index (Phi) is 3.64. The van der Waals surface area contributed by atoms with E-state index in [0.29, 0.717) is 24.1 Å². The minimum atomic E-state index is -0.517. The van der Waals surface area contributed by atoms with Gasteiger partial charge < -0.3 is 20.5 Å². The van der Waals surface area contributed by atoms with Crippen molar-refractivity contribution in [3.05, 3.63) is 17.1 Å². The van der Waals surface area contributed by atoms with Crippen molar-refractivity contribution in [1.29, 1.82) is 5.41 Å². The molecule has 5 nitrogen and oxygen atoms in total. The lowest BCUT2D eigenvalue weighted by Gasteiger charge is -2.52. The van der Waals surface area contributed by atoms with E-state index >= 15 is 0 Å². The quantitative estimate of drug-likeness (QED) is 0.580. The molecule has 1 saturated heterocycles. The lowest BCUT2D eigenvalue weighted by molar-refractivity contribution is -0.822. The van der Waals surface area contributed by atoms with E-state index in [-0.39, 0.29) is 6.04 Å². The normalized spacial score (nSPS) is 36.6.